The summed E-state index contributed by atoms with van der Waals surface area (Å²) in [7, 11) is 0. The van der Waals surface area contributed by atoms with E-state index in [4.69, 9.17) is 10.8 Å². The van der Waals surface area contributed by atoms with Gasteiger partial charge in [-0.2, -0.15) is 0 Å². The molecule has 0 aromatic heterocycles. The van der Waals surface area contributed by atoms with Crippen LogP contribution in [0, 0.1) is 0 Å². The van der Waals surface area contributed by atoms with Gasteiger partial charge in [0.15, 0.2) is 0 Å². The van der Waals surface area contributed by atoms with Crippen LogP contribution < -0.4 is 21.7 Å². The number of carboxylic acids is 1. The normalized spacial score (nSPS) is 9.21. The van der Waals surface area contributed by atoms with Gasteiger partial charge in [-0.05, 0) is 58.4 Å². The number of rotatable bonds is 15. The summed E-state index contributed by atoms with van der Waals surface area (Å²) in [6.45, 7) is 5.19. The summed E-state index contributed by atoms with van der Waals surface area (Å²) in [4.78, 5) is 21.5. The molecule has 10 heteroatoms. The van der Waals surface area contributed by atoms with E-state index in [1.807, 2.05) is 0 Å². The van der Waals surface area contributed by atoms with Crippen LogP contribution in [0.5, 0.6) is 0 Å². The molecule has 6 N–H and O–H groups in total. The molecule has 0 saturated carbocycles. The highest BCUT2D eigenvalue weighted by atomic mass is 35.5. The highest BCUT2D eigenvalue weighted by molar-refractivity contribution is 5.86. The molecule has 0 fully saturated rings. The Hall–Kier alpha value is -0.310. The second-order valence-corrected chi connectivity index (χ2v) is 4.95. The average molecular weight is 412 g/mol. The zero-order valence-electron chi connectivity index (χ0n) is 14.1. The Kier molecular flexibility index (Phi) is 32.7. The number of unbranched alkanes of at least 4 members (excludes halogenated alkanes) is 1. The van der Waals surface area contributed by atoms with Crippen molar-refractivity contribution in [2.24, 2.45) is 5.73 Å². The maximum absolute atomic E-state index is 11.2. The number of hydrogen-bond donors (Lipinski definition) is 5. The van der Waals surface area contributed by atoms with Crippen molar-refractivity contribution >= 4 is 49.1 Å². The number of nitrogens with two attached hydrogens (primary N) is 1. The van der Waals surface area contributed by atoms with Gasteiger partial charge in [0.05, 0.1) is 6.42 Å². The van der Waals surface area contributed by atoms with E-state index in [2.05, 4.69) is 16.0 Å². The number of carboxylic acid groups (broad SMARTS) is 1. The largest absolute Gasteiger partial charge is 0.481 e. The summed E-state index contributed by atoms with van der Waals surface area (Å²) in [5.74, 6) is -1.13. The van der Waals surface area contributed by atoms with E-state index < -0.39 is 5.97 Å². The molecule has 0 aliphatic rings. The van der Waals surface area contributed by atoms with Gasteiger partial charge in [-0.3, -0.25) is 9.59 Å². The molecule has 24 heavy (non-hydrogen) atoms. The van der Waals surface area contributed by atoms with Crippen LogP contribution in [0.2, 0.25) is 0 Å². The first-order valence-electron chi connectivity index (χ1n) is 7.76. The maximum Gasteiger partial charge on any atom is 0.303 e. The molecule has 1 amide bonds. The van der Waals surface area contributed by atoms with E-state index in [0.717, 1.165) is 58.4 Å². The van der Waals surface area contributed by atoms with Gasteiger partial charge in [-0.1, -0.05) is 0 Å². The minimum atomic E-state index is -0.940. The second-order valence-electron chi connectivity index (χ2n) is 4.95. The fraction of sp³-hybridized carbons (Fsp3) is 0.857. The van der Waals surface area contributed by atoms with Crippen LogP contribution in [0.4, 0.5) is 0 Å². The number of carbonyl (C=O) groups excluding carboxylic acids is 1. The second kappa shape index (κ2) is 24.9. The Labute approximate surface area is 163 Å². The molecule has 0 atom stereocenters. The molecule has 0 unspecified atom stereocenters. The summed E-state index contributed by atoms with van der Waals surface area (Å²) < 4.78 is 0. The topological polar surface area (TPSA) is 116 Å². The van der Waals surface area contributed by atoms with Crippen molar-refractivity contribution in [2.45, 2.75) is 38.5 Å². The van der Waals surface area contributed by atoms with Crippen molar-refractivity contribution in [1.82, 2.24) is 16.0 Å². The molecule has 0 saturated heterocycles. The molecule has 0 spiro atoms. The predicted molar refractivity (Wildman–Crippen MR) is 105 cm³/mol. The standard InChI is InChI=1S/C14H30N4O3.3ClH/c15-7-3-10-16-8-1-2-9-17-11-4-12-18-13(19)5-6-14(20)21;;;/h16-17H,1-12,15H2,(H,18,19)(H,20,21);3*1H. The molecule has 0 bridgehead atoms. The monoisotopic (exact) mass is 410 g/mol. The lowest BCUT2D eigenvalue weighted by atomic mass is 10.3. The number of halogens is 3. The van der Waals surface area contributed by atoms with Gasteiger partial charge in [0.25, 0.3) is 0 Å². The van der Waals surface area contributed by atoms with Crippen molar-refractivity contribution in [2.75, 3.05) is 39.3 Å². The van der Waals surface area contributed by atoms with Crippen molar-refractivity contribution in [3.05, 3.63) is 0 Å². The van der Waals surface area contributed by atoms with E-state index in [1.54, 1.807) is 0 Å². The maximum atomic E-state index is 11.2. The van der Waals surface area contributed by atoms with Crippen molar-refractivity contribution in [1.29, 1.82) is 0 Å². The van der Waals surface area contributed by atoms with Crippen molar-refractivity contribution in [3.8, 4) is 0 Å². The third kappa shape index (κ3) is 26.6. The molecule has 0 aromatic carbocycles. The lowest BCUT2D eigenvalue weighted by Crippen LogP contribution is -2.28. The van der Waals surface area contributed by atoms with Crippen molar-refractivity contribution < 1.29 is 14.7 Å². The molecule has 0 rings (SSSR count). The van der Waals surface area contributed by atoms with Gasteiger partial charge in [0.2, 0.25) is 5.91 Å². The Morgan fingerprint density at radius 1 is 0.750 bits per heavy atom. The summed E-state index contributed by atoms with van der Waals surface area (Å²) in [5, 5.41) is 17.8. The Morgan fingerprint density at radius 3 is 1.75 bits per heavy atom. The molecule has 7 nitrogen and oxygen atoms in total. The Balaban J connectivity index is -0.000000667. The lowest BCUT2D eigenvalue weighted by Gasteiger charge is -2.07. The van der Waals surface area contributed by atoms with E-state index in [1.165, 1.54) is 0 Å². The number of aliphatic carboxylic acids is 1. The molecular weight excluding hydrogens is 379 g/mol. The number of nitrogens with one attached hydrogen (secondary N) is 3. The van der Waals surface area contributed by atoms with Gasteiger partial charge in [-0.15, -0.1) is 37.2 Å². The third-order valence-electron chi connectivity index (χ3n) is 2.93. The lowest BCUT2D eigenvalue weighted by molar-refractivity contribution is -0.138. The first kappa shape index (κ1) is 31.5. The molecule has 0 aliphatic heterocycles. The molecular formula is C14H33Cl3N4O3. The Bertz CT molecular complexity index is 288. The fourth-order valence-electron chi connectivity index (χ4n) is 1.73. The predicted octanol–water partition coefficient (Wildman–Crippen LogP) is 0.931. The van der Waals surface area contributed by atoms with E-state index in [9.17, 15) is 9.59 Å². The van der Waals surface area contributed by atoms with Gasteiger partial charge < -0.3 is 26.8 Å². The molecule has 0 aromatic rings. The van der Waals surface area contributed by atoms with Crippen LogP contribution in [0.3, 0.4) is 0 Å². The summed E-state index contributed by atoms with van der Waals surface area (Å²) in [6, 6.07) is 0. The summed E-state index contributed by atoms with van der Waals surface area (Å²) >= 11 is 0. The smallest absolute Gasteiger partial charge is 0.303 e. The van der Waals surface area contributed by atoms with Gasteiger partial charge in [-0.25, -0.2) is 0 Å². The average Bonchev–Trinajstić information content (AvgIpc) is 2.46. The summed E-state index contributed by atoms with van der Waals surface area (Å²) in [5.41, 5.74) is 5.40. The van der Waals surface area contributed by atoms with Crippen LogP contribution >= 0.6 is 37.2 Å². The van der Waals surface area contributed by atoms with Gasteiger partial charge in [0, 0.05) is 13.0 Å². The first-order chi connectivity index (χ1) is 10.2. The minimum absolute atomic E-state index is 0. The number of hydrogen-bond acceptors (Lipinski definition) is 5. The van der Waals surface area contributed by atoms with Crippen molar-refractivity contribution in [3.63, 3.8) is 0 Å². The first-order valence-corrected chi connectivity index (χ1v) is 7.76. The number of amides is 1. The van der Waals surface area contributed by atoms with E-state index >= 15 is 0 Å². The zero-order valence-corrected chi connectivity index (χ0v) is 16.5. The van der Waals surface area contributed by atoms with Crippen LogP contribution in [0.25, 0.3) is 0 Å². The van der Waals surface area contributed by atoms with Crippen LogP contribution in [-0.4, -0.2) is 56.3 Å². The zero-order chi connectivity index (χ0) is 15.8. The molecule has 148 valence electrons. The highest BCUT2D eigenvalue weighted by Gasteiger charge is 2.03. The highest BCUT2D eigenvalue weighted by Crippen LogP contribution is 1.89. The molecule has 0 heterocycles. The fourth-order valence-corrected chi connectivity index (χ4v) is 1.73. The van der Waals surface area contributed by atoms with Crippen LogP contribution in [-0.2, 0) is 9.59 Å². The SMILES string of the molecule is Cl.Cl.Cl.NCCCNCCCCNCCCNC(=O)CCC(=O)O. The quantitative estimate of drug-likeness (QED) is 0.256. The number of carbonyl (C=O) groups is 2. The third-order valence-corrected chi connectivity index (χ3v) is 2.93. The van der Waals surface area contributed by atoms with Crippen LogP contribution in [0.1, 0.15) is 38.5 Å². The molecule has 0 aliphatic carbocycles. The van der Waals surface area contributed by atoms with E-state index in [-0.39, 0.29) is 56.0 Å². The Morgan fingerprint density at radius 2 is 1.25 bits per heavy atom. The minimum Gasteiger partial charge on any atom is -0.481 e. The van der Waals surface area contributed by atoms with Gasteiger partial charge >= 0.3 is 5.97 Å². The van der Waals surface area contributed by atoms with Crippen LogP contribution in [0.15, 0.2) is 0 Å². The van der Waals surface area contributed by atoms with E-state index in [0.29, 0.717) is 6.54 Å². The molecule has 0 radical (unpaired) electrons. The van der Waals surface area contributed by atoms with Gasteiger partial charge in [0.1, 0.15) is 0 Å². The summed E-state index contributed by atoms with van der Waals surface area (Å²) in [6.07, 6.45) is 4.09.